The summed E-state index contributed by atoms with van der Waals surface area (Å²) >= 11 is 1.37. The fourth-order valence-corrected chi connectivity index (χ4v) is 0.894. The maximum atomic E-state index is 8.15. The molecule has 0 amide bonds. The molecule has 0 aromatic carbocycles. The molecule has 0 N–H and O–H groups in total. The molecule has 1 rings (SSSR count). The van der Waals surface area contributed by atoms with Gasteiger partial charge in [0.2, 0.25) is 0 Å². The van der Waals surface area contributed by atoms with Crippen molar-refractivity contribution in [2.24, 2.45) is 0 Å². The first-order chi connectivity index (χ1) is 4.43. The molecule has 0 unspecified atom stereocenters. The number of nitrogens with zero attached hydrogens (tertiary/aromatic N) is 3. The van der Waals surface area contributed by atoms with Crippen LogP contribution in [-0.4, -0.2) is 14.9 Å². The van der Waals surface area contributed by atoms with Crippen LogP contribution in [0, 0.1) is 11.3 Å². The minimum atomic E-state index is 0.446. The van der Waals surface area contributed by atoms with Gasteiger partial charge in [0.15, 0.2) is 0 Å². The Bertz CT molecular complexity index is 198. The van der Waals surface area contributed by atoms with E-state index in [2.05, 4.69) is 5.10 Å². The Morgan fingerprint density at radius 3 is 3.22 bits per heavy atom. The molecule has 0 aliphatic carbocycles. The van der Waals surface area contributed by atoms with Crippen LogP contribution < -0.4 is 0 Å². The molecule has 1 aromatic rings. The molecule has 46 valence electrons. The summed E-state index contributed by atoms with van der Waals surface area (Å²) < 4.78 is 1.66. The summed E-state index contributed by atoms with van der Waals surface area (Å²) in [5.41, 5.74) is 0. The summed E-state index contributed by atoms with van der Waals surface area (Å²) in [6.07, 6.45) is 3.49. The second kappa shape index (κ2) is 3.15. The first-order valence-electron chi connectivity index (χ1n) is 2.43. The Morgan fingerprint density at radius 2 is 2.67 bits per heavy atom. The van der Waals surface area contributed by atoms with Crippen LogP contribution in [-0.2, 0) is 0 Å². The van der Waals surface area contributed by atoms with E-state index in [1.54, 1.807) is 10.3 Å². The Hall–Kier alpha value is -0.950. The lowest BCUT2D eigenvalue weighted by atomic mass is 10.8. The van der Waals surface area contributed by atoms with Crippen molar-refractivity contribution in [3.8, 4) is 6.07 Å². The van der Waals surface area contributed by atoms with Gasteiger partial charge in [0.1, 0.15) is 5.75 Å². The van der Waals surface area contributed by atoms with E-state index in [0.717, 1.165) is 0 Å². The fourth-order valence-electron chi connectivity index (χ4n) is 0.426. The monoisotopic (exact) mass is 139 g/mol. The van der Waals surface area contributed by atoms with Crippen molar-refractivity contribution in [1.82, 2.24) is 9.19 Å². The zero-order valence-electron chi connectivity index (χ0n) is 4.69. The molecular formula is C5H5N3S. The predicted octanol–water partition coefficient (Wildman–Crippen LogP) is 0.903. The molecule has 0 spiro atoms. The van der Waals surface area contributed by atoms with Crippen LogP contribution in [0.15, 0.2) is 18.5 Å². The van der Waals surface area contributed by atoms with Crippen molar-refractivity contribution in [2.45, 2.75) is 0 Å². The van der Waals surface area contributed by atoms with E-state index in [1.807, 2.05) is 18.3 Å². The first kappa shape index (κ1) is 6.17. The van der Waals surface area contributed by atoms with Gasteiger partial charge in [-0.25, -0.2) is 4.09 Å². The van der Waals surface area contributed by atoms with E-state index in [9.17, 15) is 0 Å². The molecule has 0 bridgehead atoms. The highest BCUT2D eigenvalue weighted by molar-refractivity contribution is 7.97. The molecule has 0 radical (unpaired) electrons. The van der Waals surface area contributed by atoms with Gasteiger partial charge in [0, 0.05) is 12.4 Å². The van der Waals surface area contributed by atoms with Crippen LogP contribution in [0.5, 0.6) is 0 Å². The van der Waals surface area contributed by atoms with Gasteiger partial charge >= 0.3 is 0 Å². The normalized spacial score (nSPS) is 8.78. The second-order valence-electron chi connectivity index (χ2n) is 1.34. The molecule has 0 aliphatic heterocycles. The van der Waals surface area contributed by atoms with Gasteiger partial charge in [-0.2, -0.15) is 10.4 Å². The highest BCUT2D eigenvalue weighted by atomic mass is 32.2. The minimum absolute atomic E-state index is 0.446. The summed E-state index contributed by atoms with van der Waals surface area (Å²) in [6, 6.07) is 3.83. The van der Waals surface area contributed by atoms with Crippen molar-refractivity contribution in [2.75, 3.05) is 5.75 Å². The molecule has 1 heterocycles. The second-order valence-corrected chi connectivity index (χ2v) is 2.26. The van der Waals surface area contributed by atoms with Gasteiger partial charge in [-0.05, 0) is 18.0 Å². The summed E-state index contributed by atoms with van der Waals surface area (Å²) in [4.78, 5) is 0. The minimum Gasteiger partial charge on any atom is -0.213 e. The molecule has 0 atom stereocenters. The van der Waals surface area contributed by atoms with E-state index in [0.29, 0.717) is 5.75 Å². The van der Waals surface area contributed by atoms with Gasteiger partial charge in [-0.1, -0.05) is 0 Å². The molecule has 3 nitrogen and oxygen atoms in total. The maximum Gasteiger partial charge on any atom is 0.103 e. The zero-order valence-corrected chi connectivity index (χ0v) is 5.51. The average Bonchev–Trinajstić information content (AvgIpc) is 2.34. The molecule has 1 aromatic heterocycles. The third-order valence-electron chi connectivity index (χ3n) is 0.742. The van der Waals surface area contributed by atoms with E-state index in [-0.39, 0.29) is 0 Å². The van der Waals surface area contributed by atoms with Gasteiger partial charge < -0.3 is 0 Å². The first-order valence-corrected chi connectivity index (χ1v) is 3.37. The lowest BCUT2D eigenvalue weighted by Gasteiger charge is -1.90. The Kier molecular flexibility index (Phi) is 2.16. The van der Waals surface area contributed by atoms with Gasteiger partial charge in [-0.15, -0.1) is 0 Å². The van der Waals surface area contributed by atoms with Crippen molar-refractivity contribution in [3.63, 3.8) is 0 Å². The third-order valence-corrected chi connectivity index (χ3v) is 1.48. The summed E-state index contributed by atoms with van der Waals surface area (Å²) in [5, 5.41) is 12.0. The van der Waals surface area contributed by atoms with E-state index < -0.39 is 0 Å². The van der Waals surface area contributed by atoms with Crippen molar-refractivity contribution in [1.29, 1.82) is 5.26 Å². The lowest BCUT2D eigenvalue weighted by molar-refractivity contribution is 1.01. The van der Waals surface area contributed by atoms with Crippen LogP contribution in [0.1, 0.15) is 0 Å². The standard InChI is InChI=1S/C5H5N3S/c6-2-5-9-8-4-1-3-7-8/h1,3-4H,5H2. The summed E-state index contributed by atoms with van der Waals surface area (Å²) in [7, 11) is 0. The molecule has 0 fully saturated rings. The largest absolute Gasteiger partial charge is 0.213 e. The third kappa shape index (κ3) is 1.78. The molecule has 4 heteroatoms. The summed E-state index contributed by atoms with van der Waals surface area (Å²) in [5.74, 6) is 0.446. The maximum absolute atomic E-state index is 8.15. The van der Waals surface area contributed by atoms with Crippen LogP contribution in [0.4, 0.5) is 0 Å². The number of rotatable bonds is 2. The summed E-state index contributed by atoms with van der Waals surface area (Å²) in [6.45, 7) is 0. The van der Waals surface area contributed by atoms with Crippen molar-refractivity contribution < 1.29 is 0 Å². The quantitative estimate of drug-likeness (QED) is 0.611. The topological polar surface area (TPSA) is 41.6 Å². The Morgan fingerprint density at radius 1 is 1.78 bits per heavy atom. The average molecular weight is 139 g/mol. The molecule has 9 heavy (non-hydrogen) atoms. The zero-order chi connectivity index (χ0) is 6.53. The highest BCUT2D eigenvalue weighted by Gasteiger charge is 1.86. The van der Waals surface area contributed by atoms with E-state index >= 15 is 0 Å². The lowest BCUT2D eigenvalue weighted by Crippen LogP contribution is -1.86. The molecule has 0 saturated heterocycles. The molecular weight excluding hydrogens is 134 g/mol. The Labute approximate surface area is 57.4 Å². The van der Waals surface area contributed by atoms with Gasteiger partial charge in [0.25, 0.3) is 0 Å². The smallest absolute Gasteiger partial charge is 0.103 e. The van der Waals surface area contributed by atoms with Gasteiger partial charge in [0.05, 0.1) is 6.07 Å². The fraction of sp³-hybridized carbons (Fsp3) is 0.200. The molecule has 0 aliphatic rings. The number of nitriles is 1. The van der Waals surface area contributed by atoms with E-state index in [4.69, 9.17) is 5.26 Å². The highest BCUT2D eigenvalue weighted by Crippen LogP contribution is 2.00. The van der Waals surface area contributed by atoms with Crippen molar-refractivity contribution in [3.05, 3.63) is 18.5 Å². The number of aromatic nitrogens is 2. The van der Waals surface area contributed by atoms with Crippen molar-refractivity contribution >= 4 is 11.9 Å². The number of hydrogen-bond donors (Lipinski definition) is 0. The van der Waals surface area contributed by atoms with Crippen LogP contribution in [0.2, 0.25) is 0 Å². The van der Waals surface area contributed by atoms with Crippen LogP contribution in [0.3, 0.4) is 0 Å². The number of hydrogen-bond acceptors (Lipinski definition) is 3. The Balaban J connectivity index is 2.41. The molecule has 0 saturated carbocycles. The van der Waals surface area contributed by atoms with Crippen LogP contribution in [0.25, 0.3) is 0 Å². The SMILES string of the molecule is N#CCSn1cccn1. The van der Waals surface area contributed by atoms with Crippen LogP contribution >= 0.6 is 11.9 Å². The predicted molar refractivity (Wildman–Crippen MR) is 35.7 cm³/mol. The van der Waals surface area contributed by atoms with E-state index in [1.165, 1.54) is 11.9 Å². The van der Waals surface area contributed by atoms with Gasteiger partial charge in [-0.3, -0.25) is 0 Å².